The molecule has 0 radical (unpaired) electrons. The van der Waals surface area contributed by atoms with Crippen LogP contribution in [0.15, 0.2) is 36.5 Å². The lowest BCUT2D eigenvalue weighted by atomic mass is 10.1. The highest BCUT2D eigenvalue weighted by Gasteiger charge is 2.24. The van der Waals surface area contributed by atoms with E-state index in [0.717, 1.165) is 52.1 Å². The summed E-state index contributed by atoms with van der Waals surface area (Å²) >= 11 is 0. The van der Waals surface area contributed by atoms with Gasteiger partial charge in [-0.1, -0.05) is 192 Å². The largest absolute Gasteiger partial charge is 0.472 e. The lowest BCUT2D eigenvalue weighted by Crippen LogP contribution is -2.29. The molecular weight excluding hydrogens is 748 g/mol. The lowest BCUT2D eigenvalue weighted by molar-refractivity contribution is -0.161. The standard InChI is InChI=1S/C49H91O8P/c1-4-6-8-10-12-14-16-18-20-22-24-25-26-28-30-32-34-36-38-40-42-44-49(51)57-47(46-56-58(52,53)54-3)45-55-48(50)43-41-39-37-35-33-31-29-27-23-21-19-17-15-13-11-9-7-5-2/h16,18,21-24,47H,4-15,17,19-20,25-46H2,1-3H3,(H,52,53)/b18-16-,23-21-,24-22-. The second-order valence-electron chi connectivity index (χ2n) is 16.2. The number of hydrogen-bond donors (Lipinski definition) is 1. The van der Waals surface area contributed by atoms with Crippen molar-refractivity contribution < 1.29 is 37.6 Å². The molecule has 9 heteroatoms. The average molecular weight is 839 g/mol. The number of phosphoric acid groups is 1. The maximum absolute atomic E-state index is 12.6. The van der Waals surface area contributed by atoms with E-state index in [0.29, 0.717) is 6.42 Å². The van der Waals surface area contributed by atoms with Crippen LogP contribution >= 0.6 is 7.82 Å². The third-order valence-corrected chi connectivity index (χ3v) is 11.5. The zero-order chi connectivity index (χ0) is 42.5. The maximum atomic E-state index is 12.6. The lowest BCUT2D eigenvalue weighted by Gasteiger charge is -2.19. The quantitative estimate of drug-likeness (QED) is 0.0279. The van der Waals surface area contributed by atoms with Gasteiger partial charge in [0.2, 0.25) is 0 Å². The molecule has 0 saturated carbocycles. The fourth-order valence-corrected chi connectivity index (χ4v) is 7.32. The molecular formula is C49H91O8P. The molecule has 0 aromatic rings. The molecule has 0 aliphatic heterocycles. The first-order valence-corrected chi connectivity index (χ1v) is 25.7. The molecule has 0 aromatic carbocycles. The number of phosphoric ester groups is 1. The van der Waals surface area contributed by atoms with E-state index in [2.05, 4.69) is 54.8 Å². The van der Waals surface area contributed by atoms with E-state index in [-0.39, 0.29) is 25.4 Å². The summed E-state index contributed by atoms with van der Waals surface area (Å²) in [5, 5.41) is 0. The first kappa shape index (κ1) is 56.3. The van der Waals surface area contributed by atoms with Gasteiger partial charge in [-0.05, 0) is 70.6 Å². The van der Waals surface area contributed by atoms with Crippen molar-refractivity contribution in [2.24, 2.45) is 0 Å². The van der Waals surface area contributed by atoms with E-state index >= 15 is 0 Å². The van der Waals surface area contributed by atoms with E-state index in [1.807, 2.05) is 0 Å². The summed E-state index contributed by atoms with van der Waals surface area (Å²) in [5.74, 6) is -0.806. The average Bonchev–Trinajstić information content (AvgIpc) is 3.21. The van der Waals surface area contributed by atoms with E-state index in [1.54, 1.807) is 0 Å². The summed E-state index contributed by atoms with van der Waals surface area (Å²) in [7, 11) is -3.20. The Labute approximate surface area is 357 Å². The van der Waals surface area contributed by atoms with Crippen LogP contribution in [0, 0.1) is 0 Å². The monoisotopic (exact) mass is 839 g/mol. The van der Waals surface area contributed by atoms with Crippen LogP contribution in [0.25, 0.3) is 0 Å². The molecule has 2 atom stereocenters. The van der Waals surface area contributed by atoms with Crippen LogP contribution in [0.3, 0.4) is 0 Å². The van der Waals surface area contributed by atoms with Gasteiger partial charge < -0.3 is 14.4 Å². The zero-order valence-corrected chi connectivity index (χ0v) is 38.9. The predicted molar refractivity (Wildman–Crippen MR) is 244 cm³/mol. The smallest absolute Gasteiger partial charge is 0.462 e. The van der Waals surface area contributed by atoms with Gasteiger partial charge in [0.05, 0.1) is 6.61 Å². The molecule has 0 aliphatic rings. The highest BCUT2D eigenvalue weighted by molar-refractivity contribution is 7.47. The van der Waals surface area contributed by atoms with Crippen molar-refractivity contribution in [2.45, 2.75) is 245 Å². The molecule has 8 nitrogen and oxygen atoms in total. The Hall–Kier alpha value is -1.73. The van der Waals surface area contributed by atoms with Gasteiger partial charge in [0.15, 0.2) is 6.10 Å². The minimum Gasteiger partial charge on any atom is -0.462 e. The SMILES string of the molecule is CCCCCCC/C=C\C/C=C\CCCCCCCCCCCC(=O)OC(COC(=O)CCCCCCCCC/C=C\CCCCCCCCC)COP(=O)(O)OC. The minimum atomic E-state index is -4.27. The van der Waals surface area contributed by atoms with Crippen molar-refractivity contribution in [1.82, 2.24) is 0 Å². The zero-order valence-electron chi connectivity index (χ0n) is 38.0. The Bertz CT molecular complexity index is 1040. The van der Waals surface area contributed by atoms with Crippen molar-refractivity contribution in [3.63, 3.8) is 0 Å². The number of carbonyl (C=O) groups is 2. The maximum Gasteiger partial charge on any atom is 0.472 e. The third-order valence-electron chi connectivity index (χ3n) is 10.6. The van der Waals surface area contributed by atoms with Crippen LogP contribution in [0.1, 0.15) is 239 Å². The van der Waals surface area contributed by atoms with Gasteiger partial charge in [-0.3, -0.25) is 18.6 Å². The van der Waals surface area contributed by atoms with E-state index in [4.69, 9.17) is 14.0 Å². The van der Waals surface area contributed by atoms with Crippen LogP contribution in [0.2, 0.25) is 0 Å². The molecule has 0 fully saturated rings. The van der Waals surface area contributed by atoms with Gasteiger partial charge in [0, 0.05) is 20.0 Å². The summed E-state index contributed by atoms with van der Waals surface area (Å²) in [6.45, 7) is 3.89. The molecule has 0 saturated heterocycles. The topological polar surface area (TPSA) is 108 Å². The molecule has 0 spiro atoms. The van der Waals surface area contributed by atoms with Crippen LogP contribution in [0.5, 0.6) is 0 Å². The Morgan fingerprint density at radius 2 is 0.828 bits per heavy atom. The van der Waals surface area contributed by atoms with Crippen LogP contribution in [-0.2, 0) is 32.7 Å². The number of esters is 2. The molecule has 0 rings (SSSR count). The Balaban J connectivity index is 3.94. The van der Waals surface area contributed by atoms with Crippen LogP contribution in [-0.4, -0.2) is 43.3 Å². The number of hydrogen-bond acceptors (Lipinski definition) is 7. The molecule has 0 amide bonds. The molecule has 0 heterocycles. The van der Waals surface area contributed by atoms with Gasteiger partial charge in [0.25, 0.3) is 0 Å². The number of carbonyl (C=O) groups excluding carboxylic acids is 2. The number of ether oxygens (including phenoxy) is 2. The Kier molecular flexibility index (Phi) is 43.5. The predicted octanol–water partition coefficient (Wildman–Crippen LogP) is 15.6. The summed E-state index contributed by atoms with van der Waals surface area (Å²) in [4.78, 5) is 34.6. The second kappa shape index (κ2) is 44.8. The number of allylic oxidation sites excluding steroid dienone is 6. The summed E-state index contributed by atoms with van der Waals surface area (Å²) in [6.07, 6.45) is 53.4. The van der Waals surface area contributed by atoms with E-state index in [1.165, 1.54) is 161 Å². The van der Waals surface area contributed by atoms with Crippen LogP contribution < -0.4 is 0 Å². The highest BCUT2D eigenvalue weighted by Crippen LogP contribution is 2.42. The van der Waals surface area contributed by atoms with Crippen molar-refractivity contribution in [3.8, 4) is 0 Å². The minimum absolute atomic E-state index is 0.227. The summed E-state index contributed by atoms with van der Waals surface area (Å²) in [6, 6.07) is 0. The number of rotatable bonds is 45. The highest BCUT2D eigenvalue weighted by atomic mass is 31.2. The first-order chi connectivity index (χ1) is 28.3. The first-order valence-electron chi connectivity index (χ1n) is 24.2. The fourth-order valence-electron chi connectivity index (χ4n) is 6.86. The normalized spacial score (nSPS) is 13.5. The van der Waals surface area contributed by atoms with Crippen molar-refractivity contribution >= 4 is 19.8 Å². The fraction of sp³-hybridized carbons (Fsp3) is 0.837. The van der Waals surface area contributed by atoms with Gasteiger partial charge in [-0.25, -0.2) is 4.57 Å². The second-order valence-corrected chi connectivity index (χ2v) is 17.8. The van der Waals surface area contributed by atoms with Crippen LogP contribution in [0.4, 0.5) is 0 Å². The molecule has 2 unspecified atom stereocenters. The van der Waals surface area contributed by atoms with E-state index in [9.17, 15) is 19.0 Å². The molecule has 0 aliphatic carbocycles. The molecule has 58 heavy (non-hydrogen) atoms. The molecule has 0 bridgehead atoms. The summed E-state index contributed by atoms with van der Waals surface area (Å²) in [5.41, 5.74) is 0. The van der Waals surface area contributed by atoms with E-state index < -0.39 is 26.5 Å². The van der Waals surface area contributed by atoms with Gasteiger partial charge in [-0.15, -0.1) is 0 Å². The molecule has 340 valence electrons. The van der Waals surface area contributed by atoms with Crippen molar-refractivity contribution in [3.05, 3.63) is 36.5 Å². The third kappa shape index (κ3) is 43.8. The van der Waals surface area contributed by atoms with Crippen molar-refractivity contribution in [1.29, 1.82) is 0 Å². The van der Waals surface area contributed by atoms with Gasteiger partial charge in [-0.2, -0.15) is 0 Å². The Morgan fingerprint density at radius 3 is 1.22 bits per heavy atom. The molecule has 0 aromatic heterocycles. The van der Waals surface area contributed by atoms with Gasteiger partial charge >= 0.3 is 19.8 Å². The number of unbranched alkanes of at least 4 members (excludes halogenated alkanes) is 28. The van der Waals surface area contributed by atoms with Gasteiger partial charge in [0.1, 0.15) is 6.61 Å². The Morgan fingerprint density at radius 1 is 0.483 bits per heavy atom. The summed E-state index contributed by atoms with van der Waals surface area (Å²) < 4.78 is 32.1. The van der Waals surface area contributed by atoms with Crippen molar-refractivity contribution in [2.75, 3.05) is 20.3 Å². The molecule has 1 N–H and O–H groups in total.